The SMILES string of the molecule is CCc1nnnn1C1(C(=O)O)CCC1. The summed E-state index contributed by atoms with van der Waals surface area (Å²) in [5.41, 5.74) is -0.866. The normalized spacial score (nSPS) is 18.9. The minimum Gasteiger partial charge on any atom is -0.479 e. The van der Waals surface area contributed by atoms with E-state index < -0.39 is 11.5 Å². The number of carbonyl (C=O) groups is 1. The second-order valence-electron chi connectivity index (χ2n) is 3.55. The van der Waals surface area contributed by atoms with Gasteiger partial charge < -0.3 is 5.11 Å². The van der Waals surface area contributed by atoms with Gasteiger partial charge in [-0.3, -0.25) is 0 Å². The Hall–Kier alpha value is -1.46. The molecule has 1 aromatic heterocycles. The highest BCUT2D eigenvalue weighted by atomic mass is 16.4. The van der Waals surface area contributed by atoms with Crippen LogP contribution in [0.2, 0.25) is 0 Å². The lowest BCUT2D eigenvalue weighted by atomic mass is 9.77. The quantitative estimate of drug-likeness (QED) is 0.746. The molecule has 0 radical (unpaired) electrons. The number of carboxylic acid groups (broad SMARTS) is 1. The maximum Gasteiger partial charge on any atom is 0.331 e. The van der Waals surface area contributed by atoms with Crippen LogP contribution in [0.25, 0.3) is 0 Å². The molecule has 0 aromatic carbocycles. The smallest absolute Gasteiger partial charge is 0.331 e. The van der Waals surface area contributed by atoms with Crippen LogP contribution in [0, 0.1) is 0 Å². The van der Waals surface area contributed by atoms with Crippen molar-refractivity contribution in [1.82, 2.24) is 20.2 Å². The van der Waals surface area contributed by atoms with Crippen molar-refractivity contribution < 1.29 is 9.90 Å². The van der Waals surface area contributed by atoms with Crippen molar-refractivity contribution in [3.05, 3.63) is 5.82 Å². The number of hydrogen-bond acceptors (Lipinski definition) is 4. The number of tetrazole rings is 1. The number of nitrogens with zero attached hydrogens (tertiary/aromatic N) is 4. The fraction of sp³-hybridized carbons (Fsp3) is 0.750. The van der Waals surface area contributed by atoms with Gasteiger partial charge in [-0.1, -0.05) is 6.92 Å². The number of aryl methyl sites for hydroxylation is 1. The van der Waals surface area contributed by atoms with E-state index in [9.17, 15) is 4.79 Å². The third-order valence-electron chi connectivity index (χ3n) is 2.83. The van der Waals surface area contributed by atoms with E-state index in [2.05, 4.69) is 15.5 Å². The molecular formula is C8H12N4O2. The van der Waals surface area contributed by atoms with Gasteiger partial charge in [-0.15, -0.1) is 5.10 Å². The van der Waals surface area contributed by atoms with E-state index in [4.69, 9.17) is 5.11 Å². The van der Waals surface area contributed by atoms with Gasteiger partial charge in [-0.2, -0.15) is 0 Å². The largest absolute Gasteiger partial charge is 0.479 e. The number of carboxylic acids is 1. The summed E-state index contributed by atoms with van der Waals surface area (Å²) in [5.74, 6) is -0.183. The summed E-state index contributed by atoms with van der Waals surface area (Å²) in [6.07, 6.45) is 2.83. The Bertz CT molecular complexity index is 356. The molecule has 1 aromatic rings. The Balaban J connectivity index is 2.41. The molecule has 1 heterocycles. The molecule has 14 heavy (non-hydrogen) atoms. The third kappa shape index (κ3) is 1.03. The van der Waals surface area contributed by atoms with Crippen LogP contribution in [0.3, 0.4) is 0 Å². The Morgan fingerprint density at radius 1 is 1.64 bits per heavy atom. The van der Waals surface area contributed by atoms with Gasteiger partial charge in [0.2, 0.25) is 0 Å². The van der Waals surface area contributed by atoms with E-state index in [1.807, 2.05) is 6.92 Å². The molecule has 6 heteroatoms. The van der Waals surface area contributed by atoms with E-state index in [0.29, 0.717) is 25.1 Å². The van der Waals surface area contributed by atoms with Crippen molar-refractivity contribution in [2.45, 2.75) is 38.1 Å². The van der Waals surface area contributed by atoms with Crippen LogP contribution in [0.4, 0.5) is 0 Å². The van der Waals surface area contributed by atoms with E-state index in [1.165, 1.54) is 4.68 Å². The van der Waals surface area contributed by atoms with Crippen LogP contribution < -0.4 is 0 Å². The van der Waals surface area contributed by atoms with Gasteiger partial charge in [-0.25, -0.2) is 9.48 Å². The van der Waals surface area contributed by atoms with Gasteiger partial charge in [0.25, 0.3) is 0 Å². The van der Waals surface area contributed by atoms with E-state index in [0.717, 1.165) is 6.42 Å². The van der Waals surface area contributed by atoms with Crippen molar-refractivity contribution in [1.29, 1.82) is 0 Å². The lowest BCUT2D eigenvalue weighted by Crippen LogP contribution is -2.49. The minimum absolute atomic E-state index is 0.625. The first-order valence-electron chi connectivity index (χ1n) is 4.72. The molecule has 0 bridgehead atoms. The molecule has 0 spiro atoms. The van der Waals surface area contributed by atoms with E-state index in [-0.39, 0.29) is 0 Å². The molecule has 0 saturated heterocycles. The zero-order valence-corrected chi connectivity index (χ0v) is 7.97. The Morgan fingerprint density at radius 3 is 2.79 bits per heavy atom. The molecule has 1 fully saturated rings. The monoisotopic (exact) mass is 196 g/mol. The summed E-state index contributed by atoms with van der Waals surface area (Å²) in [5, 5.41) is 20.3. The van der Waals surface area contributed by atoms with Gasteiger partial charge in [0.1, 0.15) is 0 Å². The summed E-state index contributed by atoms with van der Waals surface area (Å²) in [6.45, 7) is 1.91. The second kappa shape index (κ2) is 3.04. The van der Waals surface area contributed by atoms with E-state index >= 15 is 0 Å². The van der Waals surface area contributed by atoms with Crippen LogP contribution >= 0.6 is 0 Å². The third-order valence-corrected chi connectivity index (χ3v) is 2.83. The first-order chi connectivity index (χ1) is 6.70. The molecule has 1 saturated carbocycles. The highest BCUT2D eigenvalue weighted by molar-refractivity contribution is 5.77. The minimum atomic E-state index is -0.866. The molecule has 1 aliphatic carbocycles. The maximum atomic E-state index is 11.2. The van der Waals surface area contributed by atoms with Crippen molar-refractivity contribution >= 4 is 5.97 Å². The Morgan fingerprint density at radius 2 is 2.36 bits per heavy atom. The Labute approximate surface area is 80.9 Å². The highest BCUT2D eigenvalue weighted by Gasteiger charge is 2.48. The summed E-state index contributed by atoms with van der Waals surface area (Å²) >= 11 is 0. The maximum absolute atomic E-state index is 11.2. The van der Waals surface area contributed by atoms with Gasteiger partial charge in [-0.05, 0) is 29.7 Å². The highest BCUT2D eigenvalue weighted by Crippen LogP contribution is 2.39. The Kier molecular flexibility index (Phi) is 1.98. The van der Waals surface area contributed by atoms with Crippen molar-refractivity contribution in [2.24, 2.45) is 0 Å². The summed E-state index contributed by atoms with van der Waals surface area (Å²) in [6, 6.07) is 0. The zero-order valence-electron chi connectivity index (χ0n) is 7.97. The lowest BCUT2D eigenvalue weighted by molar-refractivity contribution is -0.153. The predicted octanol–water partition coefficient (Wildman–Crippen LogP) is 0.199. The topological polar surface area (TPSA) is 80.9 Å². The number of hydrogen-bond donors (Lipinski definition) is 1. The molecule has 76 valence electrons. The second-order valence-corrected chi connectivity index (χ2v) is 3.55. The standard InChI is InChI=1S/C8H12N4O2/c1-2-6-9-10-11-12(6)8(7(13)14)4-3-5-8/h2-5H2,1H3,(H,13,14). The summed E-state index contributed by atoms with van der Waals surface area (Å²) in [4.78, 5) is 11.2. The first kappa shape index (κ1) is 9.11. The average Bonchev–Trinajstić information content (AvgIpc) is 2.50. The van der Waals surface area contributed by atoms with Crippen LogP contribution in [0.1, 0.15) is 32.0 Å². The van der Waals surface area contributed by atoms with Crippen molar-refractivity contribution in [3.63, 3.8) is 0 Å². The molecule has 0 aliphatic heterocycles. The molecule has 2 rings (SSSR count). The van der Waals surface area contributed by atoms with Crippen molar-refractivity contribution in [3.8, 4) is 0 Å². The molecule has 6 nitrogen and oxygen atoms in total. The average molecular weight is 196 g/mol. The number of aliphatic carboxylic acids is 1. The van der Waals surface area contributed by atoms with Crippen LogP contribution in [0.15, 0.2) is 0 Å². The van der Waals surface area contributed by atoms with Crippen LogP contribution in [-0.2, 0) is 16.8 Å². The zero-order chi connectivity index (χ0) is 10.2. The van der Waals surface area contributed by atoms with Crippen LogP contribution in [-0.4, -0.2) is 31.3 Å². The first-order valence-corrected chi connectivity index (χ1v) is 4.72. The van der Waals surface area contributed by atoms with E-state index in [1.54, 1.807) is 0 Å². The molecule has 1 N–H and O–H groups in total. The molecule has 0 amide bonds. The fourth-order valence-electron chi connectivity index (χ4n) is 1.79. The molecule has 0 atom stereocenters. The summed E-state index contributed by atoms with van der Waals surface area (Å²) < 4.78 is 1.47. The van der Waals surface area contributed by atoms with Gasteiger partial charge in [0, 0.05) is 6.42 Å². The van der Waals surface area contributed by atoms with Gasteiger partial charge >= 0.3 is 5.97 Å². The predicted molar refractivity (Wildman–Crippen MR) is 46.7 cm³/mol. The van der Waals surface area contributed by atoms with Gasteiger partial charge in [0.15, 0.2) is 11.4 Å². The summed E-state index contributed by atoms with van der Waals surface area (Å²) in [7, 11) is 0. The number of rotatable bonds is 3. The van der Waals surface area contributed by atoms with Crippen molar-refractivity contribution in [2.75, 3.05) is 0 Å². The van der Waals surface area contributed by atoms with Gasteiger partial charge in [0.05, 0.1) is 0 Å². The molecular weight excluding hydrogens is 184 g/mol. The number of aromatic nitrogens is 4. The van der Waals surface area contributed by atoms with Crippen LogP contribution in [0.5, 0.6) is 0 Å². The lowest BCUT2D eigenvalue weighted by Gasteiger charge is -2.37. The fourth-order valence-corrected chi connectivity index (χ4v) is 1.79. The molecule has 1 aliphatic rings. The molecule has 0 unspecified atom stereocenters.